The first-order valence-electron chi connectivity index (χ1n) is 7.65. The molecule has 8 heteroatoms. The lowest BCUT2D eigenvalue weighted by atomic mass is 10.2. The number of aryl methyl sites for hydroxylation is 1. The number of carbonyl (C=O) groups is 1. The average molecular weight is 406 g/mol. The number of halogens is 1. The molecule has 134 valence electrons. The highest BCUT2D eigenvalue weighted by atomic mass is 35.5. The molecule has 0 bridgehead atoms. The summed E-state index contributed by atoms with van der Waals surface area (Å²) >= 11 is 9.10. The minimum atomic E-state index is -0.272. The van der Waals surface area contributed by atoms with E-state index >= 15 is 0 Å². The molecular weight excluding hydrogens is 390 g/mol. The predicted octanol–water partition coefficient (Wildman–Crippen LogP) is 5.15. The fraction of sp³-hybridized carbons (Fsp3) is 0.167. The monoisotopic (exact) mass is 405 g/mol. The van der Waals surface area contributed by atoms with Crippen molar-refractivity contribution in [3.8, 4) is 16.5 Å². The highest BCUT2D eigenvalue weighted by Crippen LogP contribution is 2.30. The summed E-state index contributed by atoms with van der Waals surface area (Å²) in [5.74, 6) is 0.908. The molecule has 5 nitrogen and oxygen atoms in total. The van der Waals surface area contributed by atoms with Crippen molar-refractivity contribution in [3.05, 3.63) is 52.0 Å². The van der Waals surface area contributed by atoms with Crippen molar-refractivity contribution in [3.63, 3.8) is 0 Å². The second kappa shape index (κ2) is 8.07. The van der Waals surface area contributed by atoms with Crippen LogP contribution in [0.5, 0.6) is 5.75 Å². The number of methoxy groups -OCH3 is 1. The van der Waals surface area contributed by atoms with E-state index in [0.717, 1.165) is 4.88 Å². The van der Waals surface area contributed by atoms with Gasteiger partial charge in [0.15, 0.2) is 5.82 Å². The van der Waals surface area contributed by atoms with Crippen LogP contribution in [0.2, 0.25) is 5.02 Å². The van der Waals surface area contributed by atoms with Crippen LogP contribution in [0.4, 0.5) is 5.69 Å². The summed E-state index contributed by atoms with van der Waals surface area (Å²) in [6.45, 7) is 1.81. The molecule has 0 saturated carbocycles. The molecule has 1 N–H and O–H groups in total. The van der Waals surface area contributed by atoms with Crippen molar-refractivity contribution in [2.24, 2.45) is 0 Å². The van der Waals surface area contributed by atoms with Crippen LogP contribution in [0.1, 0.15) is 16.1 Å². The number of thioether (sulfide) groups is 1. The molecule has 0 saturated heterocycles. The Bertz CT molecular complexity index is 946. The number of amides is 1. The van der Waals surface area contributed by atoms with Gasteiger partial charge in [0.1, 0.15) is 10.8 Å². The first kappa shape index (κ1) is 18.7. The van der Waals surface area contributed by atoms with Gasteiger partial charge < -0.3 is 10.1 Å². The van der Waals surface area contributed by atoms with Crippen molar-refractivity contribution in [1.29, 1.82) is 0 Å². The number of rotatable bonds is 5. The van der Waals surface area contributed by atoms with Gasteiger partial charge in [-0.25, -0.2) is 9.97 Å². The Balaban J connectivity index is 1.93. The summed E-state index contributed by atoms with van der Waals surface area (Å²) in [5.41, 5.74) is 1.67. The van der Waals surface area contributed by atoms with Gasteiger partial charge in [0.25, 0.3) is 5.91 Å². The van der Waals surface area contributed by atoms with Crippen LogP contribution in [0.25, 0.3) is 10.7 Å². The lowest BCUT2D eigenvalue weighted by Crippen LogP contribution is -2.17. The smallest absolute Gasteiger partial charge is 0.260 e. The van der Waals surface area contributed by atoms with E-state index in [9.17, 15) is 4.79 Å². The summed E-state index contributed by atoms with van der Waals surface area (Å²) in [6, 6.07) is 9.00. The molecule has 0 atom stereocenters. The Labute approximate surface area is 164 Å². The molecule has 0 aliphatic heterocycles. The zero-order valence-corrected chi connectivity index (χ0v) is 16.8. The van der Waals surface area contributed by atoms with Crippen LogP contribution >= 0.6 is 34.7 Å². The van der Waals surface area contributed by atoms with Gasteiger partial charge in [-0.1, -0.05) is 17.7 Å². The van der Waals surface area contributed by atoms with Gasteiger partial charge in [-0.2, -0.15) is 0 Å². The second-order valence-corrected chi connectivity index (χ2v) is 7.45. The van der Waals surface area contributed by atoms with Gasteiger partial charge in [-0.05, 0) is 42.8 Å². The largest absolute Gasteiger partial charge is 0.495 e. The van der Waals surface area contributed by atoms with E-state index in [-0.39, 0.29) is 5.91 Å². The summed E-state index contributed by atoms with van der Waals surface area (Å²) in [7, 11) is 1.54. The minimum Gasteiger partial charge on any atom is -0.495 e. The molecule has 0 aliphatic rings. The standard InChI is InChI=1S/C18H16ClN3O2S2/c1-10-15(17(23)21-11-6-7-13(24-2)12(19)9-11)18(25-3)22-16(20-10)14-5-4-8-26-14/h4-9H,1-3H3,(H,21,23). The van der Waals surface area contributed by atoms with Crippen molar-refractivity contribution in [2.45, 2.75) is 11.9 Å². The van der Waals surface area contributed by atoms with Crippen LogP contribution in [0.3, 0.4) is 0 Å². The third-order valence-corrected chi connectivity index (χ3v) is 5.47. The molecule has 1 amide bonds. The molecule has 0 aliphatic carbocycles. The molecular formula is C18H16ClN3O2S2. The maximum absolute atomic E-state index is 12.8. The Hall–Kier alpha value is -2.09. The Morgan fingerprint density at radius 2 is 2.12 bits per heavy atom. The van der Waals surface area contributed by atoms with Crippen LogP contribution in [-0.4, -0.2) is 29.2 Å². The van der Waals surface area contributed by atoms with Crippen molar-refractivity contribution < 1.29 is 9.53 Å². The third kappa shape index (κ3) is 3.85. The number of ether oxygens (including phenoxy) is 1. The molecule has 2 heterocycles. The van der Waals surface area contributed by atoms with Crippen LogP contribution in [0.15, 0.2) is 40.7 Å². The number of thiophene rings is 1. The van der Waals surface area contributed by atoms with Gasteiger partial charge in [-0.3, -0.25) is 4.79 Å². The van der Waals surface area contributed by atoms with E-state index in [2.05, 4.69) is 15.3 Å². The van der Waals surface area contributed by atoms with E-state index in [1.807, 2.05) is 30.7 Å². The van der Waals surface area contributed by atoms with E-state index in [0.29, 0.717) is 38.6 Å². The lowest BCUT2D eigenvalue weighted by Gasteiger charge is -2.12. The number of anilines is 1. The number of nitrogens with one attached hydrogen (secondary N) is 1. The highest BCUT2D eigenvalue weighted by molar-refractivity contribution is 7.98. The molecule has 0 spiro atoms. The van der Waals surface area contributed by atoms with Gasteiger partial charge in [-0.15, -0.1) is 23.1 Å². The van der Waals surface area contributed by atoms with E-state index in [1.165, 1.54) is 11.8 Å². The zero-order valence-electron chi connectivity index (χ0n) is 14.4. The predicted molar refractivity (Wildman–Crippen MR) is 108 cm³/mol. The molecule has 0 radical (unpaired) electrons. The van der Waals surface area contributed by atoms with Gasteiger partial charge in [0.05, 0.1) is 28.3 Å². The lowest BCUT2D eigenvalue weighted by molar-refractivity contribution is 0.102. The molecule has 3 aromatic rings. The molecule has 3 rings (SSSR count). The maximum Gasteiger partial charge on any atom is 0.260 e. The number of aromatic nitrogens is 2. The second-order valence-electron chi connectivity index (χ2n) is 5.30. The molecule has 2 aromatic heterocycles. The number of nitrogens with zero attached hydrogens (tertiary/aromatic N) is 2. The van der Waals surface area contributed by atoms with E-state index in [4.69, 9.17) is 16.3 Å². The van der Waals surface area contributed by atoms with E-state index < -0.39 is 0 Å². The molecule has 26 heavy (non-hydrogen) atoms. The van der Waals surface area contributed by atoms with Crippen molar-refractivity contribution in [1.82, 2.24) is 9.97 Å². The maximum atomic E-state index is 12.8. The molecule has 0 unspecified atom stereocenters. The SMILES string of the molecule is COc1ccc(NC(=O)c2c(C)nc(-c3cccs3)nc2SC)cc1Cl. The fourth-order valence-corrected chi connectivity index (χ4v) is 3.95. The Morgan fingerprint density at radius 1 is 1.31 bits per heavy atom. The number of hydrogen-bond donors (Lipinski definition) is 1. The minimum absolute atomic E-state index is 0.272. The summed E-state index contributed by atoms with van der Waals surface area (Å²) < 4.78 is 5.13. The molecule has 0 fully saturated rings. The fourth-order valence-electron chi connectivity index (χ4n) is 2.41. The number of benzene rings is 1. The normalized spacial score (nSPS) is 10.6. The van der Waals surface area contributed by atoms with Gasteiger partial charge in [0.2, 0.25) is 0 Å². The van der Waals surface area contributed by atoms with Crippen molar-refractivity contribution in [2.75, 3.05) is 18.7 Å². The zero-order chi connectivity index (χ0) is 18.7. The van der Waals surface area contributed by atoms with Crippen LogP contribution < -0.4 is 10.1 Å². The van der Waals surface area contributed by atoms with Gasteiger partial charge in [0, 0.05) is 5.69 Å². The van der Waals surface area contributed by atoms with Crippen LogP contribution in [0, 0.1) is 6.92 Å². The third-order valence-electron chi connectivity index (χ3n) is 3.63. The first-order chi connectivity index (χ1) is 12.5. The van der Waals surface area contributed by atoms with Crippen molar-refractivity contribution >= 4 is 46.3 Å². The van der Waals surface area contributed by atoms with Crippen LogP contribution in [-0.2, 0) is 0 Å². The summed E-state index contributed by atoms with van der Waals surface area (Å²) in [5, 5.41) is 5.89. The van der Waals surface area contributed by atoms with E-state index in [1.54, 1.807) is 36.6 Å². The average Bonchev–Trinajstić information content (AvgIpc) is 3.15. The summed E-state index contributed by atoms with van der Waals surface area (Å²) in [4.78, 5) is 22.8. The quantitative estimate of drug-likeness (QED) is 0.469. The topological polar surface area (TPSA) is 64.1 Å². The summed E-state index contributed by atoms with van der Waals surface area (Å²) in [6.07, 6.45) is 1.89. The van der Waals surface area contributed by atoms with Gasteiger partial charge >= 0.3 is 0 Å². The highest BCUT2D eigenvalue weighted by Gasteiger charge is 2.19. The molecule has 1 aromatic carbocycles. The Kier molecular flexibility index (Phi) is 5.80. The first-order valence-corrected chi connectivity index (χ1v) is 10.1. The number of carbonyl (C=O) groups excluding carboxylic acids is 1. The Morgan fingerprint density at radius 3 is 2.73 bits per heavy atom. The number of hydrogen-bond acceptors (Lipinski definition) is 6.